The molecule has 2 aromatic carbocycles. The van der Waals surface area contributed by atoms with E-state index in [1.54, 1.807) is 28.7 Å². The van der Waals surface area contributed by atoms with E-state index >= 15 is 0 Å². The third kappa shape index (κ3) is 2.49. The number of rotatable bonds is 2. The zero-order valence-corrected chi connectivity index (χ0v) is 15.9. The molecule has 1 aliphatic rings. The number of benzene rings is 2. The molecule has 26 heavy (non-hydrogen) atoms. The van der Waals surface area contributed by atoms with Crippen LogP contribution in [0.1, 0.15) is 18.3 Å². The highest BCUT2D eigenvalue weighted by Crippen LogP contribution is 2.38. The van der Waals surface area contributed by atoms with E-state index in [9.17, 15) is 9.59 Å². The maximum absolute atomic E-state index is 12.8. The minimum Gasteiger partial charge on any atom is -0.311 e. The Hall–Kier alpha value is -2.73. The van der Waals surface area contributed by atoms with E-state index in [4.69, 9.17) is 0 Å². The van der Waals surface area contributed by atoms with Gasteiger partial charge in [-0.15, -0.1) is 0 Å². The van der Waals surface area contributed by atoms with Crippen molar-refractivity contribution in [1.29, 1.82) is 0 Å². The molecular formula is C20H16BrN3O2. The lowest BCUT2D eigenvalue weighted by Crippen LogP contribution is -2.24. The van der Waals surface area contributed by atoms with Gasteiger partial charge >= 0.3 is 0 Å². The van der Waals surface area contributed by atoms with Crippen molar-refractivity contribution in [3.63, 3.8) is 0 Å². The van der Waals surface area contributed by atoms with Gasteiger partial charge in [0.1, 0.15) is 5.82 Å². The summed E-state index contributed by atoms with van der Waals surface area (Å²) in [5, 5.41) is 0.578. The standard InChI is InChI=1S/C20H16BrN3O2/c1-3-24-18(22-16-7-5-4-6-13(16)20(24)26)11-15-14-10-12(21)8-9-17(14)23(2)19(15)25/h4-11H,3H2,1-2H3. The van der Waals surface area contributed by atoms with Crippen LogP contribution in [0.2, 0.25) is 0 Å². The van der Waals surface area contributed by atoms with Crippen molar-refractivity contribution in [2.45, 2.75) is 13.5 Å². The van der Waals surface area contributed by atoms with Crippen LogP contribution in [0, 0.1) is 0 Å². The van der Waals surface area contributed by atoms with Crippen molar-refractivity contribution >= 4 is 50.1 Å². The topological polar surface area (TPSA) is 55.2 Å². The van der Waals surface area contributed by atoms with Crippen LogP contribution in [0.3, 0.4) is 0 Å². The van der Waals surface area contributed by atoms with Gasteiger partial charge < -0.3 is 4.90 Å². The molecule has 1 amide bonds. The maximum Gasteiger partial charge on any atom is 0.261 e. The molecule has 0 saturated heterocycles. The number of anilines is 1. The van der Waals surface area contributed by atoms with Crippen molar-refractivity contribution in [3.8, 4) is 0 Å². The summed E-state index contributed by atoms with van der Waals surface area (Å²) < 4.78 is 2.49. The molecule has 4 rings (SSSR count). The Morgan fingerprint density at radius 3 is 2.69 bits per heavy atom. The number of halogens is 1. The second-order valence-electron chi connectivity index (χ2n) is 6.12. The first-order chi connectivity index (χ1) is 12.5. The number of likely N-dealkylation sites (N-methyl/N-ethyl adjacent to an activating group) is 1. The van der Waals surface area contributed by atoms with E-state index in [-0.39, 0.29) is 11.5 Å². The van der Waals surface area contributed by atoms with E-state index in [0.717, 1.165) is 15.7 Å². The lowest BCUT2D eigenvalue weighted by molar-refractivity contribution is -0.112. The maximum atomic E-state index is 12.8. The molecule has 0 saturated carbocycles. The molecule has 130 valence electrons. The van der Waals surface area contributed by atoms with Crippen LogP contribution in [0.4, 0.5) is 5.69 Å². The average molecular weight is 410 g/mol. The summed E-state index contributed by atoms with van der Waals surface area (Å²) in [6, 6.07) is 13.0. The normalized spacial score (nSPS) is 15.1. The molecule has 0 atom stereocenters. The quantitative estimate of drug-likeness (QED) is 0.606. The Morgan fingerprint density at radius 1 is 1.15 bits per heavy atom. The fraction of sp³-hybridized carbons (Fsp3) is 0.150. The van der Waals surface area contributed by atoms with Gasteiger partial charge in [0, 0.05) is 23.6 Å². The summed E-state index contributed by atoms with van der Waals surface area (Å²) >= 11 is 3.46. The summed E-state index contributed by atoms with van der Waals surface area (Å²) in [6.45, 7) is 2.37. The van der Waals surface area contributed by atoms with Crippen LogP contribution in [0.5, 0.6) is 0 Å². The van der Waals surface area contributed by atoms with Crippen molar-refractivity contribution in [2.24, 2.45) is 0 Å². The summed E-state index contributed by atoms with van der Waals surface area (Å²) in [5.74, 6) is 0.379. The van der Waals surface area contributed by atoms with Crippen molar-refractivity contribution in [3.05, 3.63) is 68.7 Å². The summed E-state index contributed by atoms with van der Waals surface area (Å²) in [7, 11) is 1.75. The van der Waals surface area contributed by atoms with E-state index in [0.29, 0.717) is 28.8 Å². The first-order valence-corrected chi connectivity index (χ1v) is 9.10. The number of fused-ring (bicyclic) bond motifs is 2. The molecule has 0 bridgehead atoms. The Kier molecular flexibility index (Phi) is 4.00. The zero-order valence-electron chi connectivity index (χ0n) is 14.4. The molecule has 0 spiro atoms. The van der Waals surface area contributed by atoms with Gasteiger partial charge in [0.15, 0.2) is 0 Å². The average Bonchev–Trinajstić information content (AvgIpc) is 2.86. The molecule has 0 N–H and O–H groups in total. The van der Waals surface area contributed by atoms with Gasteiger partial charge in [-0.1, -0.05) is 28.1 Å². The van der Waals surface area contributed by atoms with Crippen molar-refractivity contribution in [2.75, 3.05) is 11.9 Å². The molecule has 0 fully saturated rings. The second kappa shape index (κ2) is 6.21. The van der Waals surface area contributed by atoms with Gasteiger partial charge in [0.2, 0.25) is 0 Å². The molecular weight excluding hydrogens is 394 g/mol. The second-order valence-corrected chi connectivity index (χ2v) is 7.04. The fourth-order valence-electron chi connectivity index (χ4n) is 3.29. The predicted molar refractivity (Wildman–Crippen MR) is 107 cm³/mol. The molecule has 0 aliphatic carbocycles. The number of aromatic nitrogens is 2. The molecule has 5 nitrogen and oxygen atoms in total. The Balaban J connectivity index is 1.99. The number of carbonyl (C=O) groups is 1. The molecule has 0 radical (unpaired) electrons. The van der Waals surface area contributed by atoms with Gasteiger partial charge in [-0.05, 0) is 43.3 Å². The van der Waals surface area contributed by atoms with Crippen molar-refractivity contribution < 1.29 is 4.79 Å². The van der Waals surface area contributed by atoms with Gasteiger partial charge in [0.05, 0.1) is 22.2 Å². The lowest BCUT2D eigenvalue weighted by Gasteiger charge is -2.10. The highest BCUT2D eigenvalue weighted by Gasteiger charge is 2.30. The molecule has 6 heteroatoms. The van der Waals surface area contributed by atoms with Crippen LogP contribution < -0.4 is 10.5 Å². The van der Waals surface area contributed by atoms with Crippen LogP contribution in [-0.2, 0) is 11.3 Å². The molecule has 3 aromatic rings. The number of hydrogen-bond donors (Lipinski definition) is 0. The first kappa shape index (κ1) is 16.7. The van der Waals surface area contributed by atoms with E-state index in [1.165, 1.54) is 0 Å². The first-order valence-electron chi connectivity index (χ1n) is 8.30. The molecule has 1 aliphatic heterocycles. The van der Waals surface area contributed by atoms with Gasteiger partial charge in [-0.2, -0.15) is 0 Å². The Morgan fingerprint density at radius 2 is 1.92 bits per heavy atom. The Bertz CT molecular complexity index is 1150. The van der Waals surface area contributed by atoms with E-state index < -0.39 is 0 Å². The minimum absolute atomic E-state index is 0.0989. The van der Waals surface area contributed by atoms with Gasteiger partial charge in [-0.3, -0.25) is 14.2 Å². The monoisotopic (exact) mass is 409 g/mol. The minimum atomic E-state index is -0.108. The fourth-order valence-corrected chi connectivity index (χ4v) is 3.65. The smallest absolute Gasteiger partial charge is 0.261 e. The summed E-state index contributed by atoms with van der Waals surface area (Å²) in [6.07, 6.45) is 1.72. The summed E-state index contributed by atoms with van der Waals surface area (Å²) in [4.78, 5) is 31.8. The Labute approximate surface area is 158 Å². The predicted octanol–water partition coefficient (Wildman–Crippen LogP) is 3.70. The third-order valence-electron chi connectivity index (χ3n) is 4.63. The van der Waals surface area contributed by atoms with E-state index in [1.807, 2.05) is 43.3 Å². The number of amides is 1. The molecule has 0 unspecified atom stereocenters. The zero-order chi connectivity index (χ0) is 18.4. The van der Waals surface area contributed by atoms with Gasteiger partial charge in [-0.25, -0.2) is 4.98 Å². The third-order valence-corrected chi connectivity index (χ3v) is 5.12. The van der Waals surface area contributed by atoms with Crippen LogP contribution in [0.15, 0.2) is 51.7 Å². The molecule has 2 heterocycles. The highest BCUT2D eigenvalue weighted by atomic mass is 79.9. The lowest BCUT2D eigenvalue weighted by atomic mass is 10.1. The number of nitrogens with zero attached hydrogens (tertiary/aromatic N) is 3. The number of carbonyl (C=O) groups excluding carboxylic acids is 1. The number of para-hydroxylation sites is 1. The largest absolute Gasteiger partial charge is 0.311 e. The van der Waals surface area contributed by atoms with E-state index in [2.05, 4.69) is 20.9 Å². The van der Waals surface area contributed by atoms with Crippen molar-refractivity contribution in [1.82, 2.24) is 9.55 Å². The van der Waals surface area contributed by atoms with Crippen LogP contribution in [-0.4, -0.2) is 22.5 Å². The SMILES string of the molecule is CCn1c(C=C2C(=O)N(C)c3ccc(Br)cc32)nc2ccccc2c1=O. The van der Waals surface area contributed by atoms with Gasteiger partial charge in [0.25, 0.3) is 11.5 Å². The highest BCUT2D eigenvalue weighted by molar-refractivity contribution is 9.10. The van der Waals surface area contributed by atoms with Crippen LogP contribution in [0.25, 0.3) is 22.6 Å². The number of hydrogen-bond acceptors (Lipinski definition) is 3. The summed E-state index contributed by atoms with van der Waals surface area (Å²) in [5.41, 5.74) is 2.74. The van der Waals surface area contributed by atoms with Crippen LogP contribution >= 0.6 is 15.9 Å². The molecule has 1 aromatic heterocycles.